The Balaban J connectivity index is -0.000000625. The summed E-state index contributed by atoms with van der Waals surface area (Å²) >= 11 is 0. The van der Waals surface area contributed by atoms with Gasteiger partial charge in [0.05, 0.1) is 6.61 Å². The number of fused-ring (bicyclic) bond motifs is 1. The topological polar surface area (TPSA) is 169 Å². The van der Waals surface area contributed by atoms with Gasteiger partial charge in [0.25, 0.3) is 10.1 Å². The Bertz CT molecular complexity index is 862. The standard InChI is InChI=1S/C20H28O3S.4H2O.Ti/c1-8-23-24(21,22)18-13-16(20(5,6)7)12-14-11-15(19(2,3)4)9-10-17(14)18;;;;;/h9-13H,8H2,1-7H3;4*1H2;. The maximum atomic E-state index is 12.6. The Morgan fingerprint density at radius 1 is 0.793 bits per heavy atom. The zero-order valence-corrected chi connectivity index (χ0v) is 20.6. The SMILES string of the molecule is CCOS(=O)(=O)c1cc(C(C)(C)C)cc2cc(C(C)(C)C)ccc12.O.O.O.O.[Ti]. The molecule has 0 aliphatic heterocycles. The van der Waals surface area contributed by atoms with Crippen LogP contribution in [0.1, 0.15) is 59.6 Å². The van der Waals surface area contributed by atoms with Crippen LogP contribution in [0.5, 0.6) is 0 Å². The molecule has 0 amide bonds. The normalized spacial score (nSPS) is 11.1. The largest absolute Gasteiger partial charge is 0.412 e. The Kier molecular flexibility index (Phi) is 14.9. The molecular weight excluding hydrogens is 432 g/mol. The fourth-order valence-corrected chi connectivity index (χ4v) is 3.82. The second-order valence-corrected chi connectivity index (χ2v) is 9.85. The van der Waals surface area contributed by atoms with Gasteiger partial charge in [0, 0.05) is 27.1 Å². The van der Waals surface area contributed by atoms with Crippen molar-refractivity contribution in [3.05, 3.63) is 41.5 Å². The number of hydrogen-bond donors (Lipinski definition) is 0. The van der Waals surface area contributed by atoms with Crippen molar-refractivity contribution in [2.45, 2.75) is 64.2 Å². The Labute approximate surface area is 189 Å². The van der Waals surface area contributed by atoms with Gasteiger partial charge in [-0.3, -0.25) is 4.18 Å². The molecular formula is C20H36O7STi. The molecule has 168 valence electrons. The predicted molar refractivity (Wildman–Crippen MR) is 115 cm³/mol. The first-order chi connectivity index (χ1) is 10.9. The molecule has 2 aromatic rings. The van der Waals surface area contributed by atoms with Crippen LogP contribution in [0.4, 0.5) is 0 Å². The fraction of sp³-hybridized carbons (Fsp3) is 0.500. The van der Waals surface area contributed by atoms with E-state index in [2.05, 4.69) is 53.7 Å². The summed E-state index contributed by atoms with van der Waals surface area (Å²) in [5.74, 6) is 0. The molecule has 8 N–H and O–H groups in total. The van der Waals surface area contributed by atoms with Gasteiger partial charge < -0.3 is 21.9 Å². The van der Waals surface area contributed by atoms with Crippen LogP contribution in [0.25, 0.3) is 10.8 Å². The summed E-state index contributed by atoms with van der Waals surface area (Å²) in [4.78, 5) is 0.257. The first-order valence-electron chi connectivity index (χ1n) is 8.34. The number of benzene rings is 2. The van der Waals surface area contributed by atoms with Crippen LogP contribution in [0, 0.1) is 0 Å². The summed E-state index contributed by atoms with van der Waals surface area (Å²) in [6.45, 7) is 14.5. The van der Waals surface area contributed by atoms with Gasteiger partial charge in [-0.05, 0) is 40.3 Å². The van der Waals surface area contributed by atoms with Gasteiger partial charge in [-0.25, -0.2) is 0 Å². The van der Waals surface area contributed by atoms with E-state index in [1.165, 1.54) is 5.56 Å². The molecule has 2 aromatic carbocycles. The van der Waals surface area contributed by atoms with E-state index in [0.717, 1.165) is 10.9 Å². The number of rotatable bonds is 3. The van der Waals surface area contributed by atoms with Crippen molar-refractivity contribution in [3.8, 4) is 0 Å². The molecule has 0 spiro atoms. The zero-order chi connectivity index (χ0) is 18.3. The van der Waals surface area contributed by atoms with Crippen molar-refractivity contribution in [1.82, 2.24) is 0 Å². The second-order valence-electron chi connectivity index (χ2n) is 8.27. The van der Waals surface area contributed by atoms with E-state index in [0.29, 0.717) is 5.39 Å². The average molecular weight is 468 g/mol. The van der Waals surface area contributed by atoms with E-state index >= 15 is 0 Å². The second kappa shape index (κ2) is 12.1. The van der Waals surface area contributed by atoms with Crippen molar-refractivity contribution in [3.63, 3.8) is 0 Å². The van der Waals surface area contributed by atoms with Crippen LogP contribution in [0.2, 0.25) is 0 Å². The third-order valence-electron chi connectivity index (χ3n) is 4.19. The van der Waals surface area contributed by atoms with Gasteiger partial charge in [-0.2, -0.15) is 8.42 Å². The molecule has 0 radical (unpaired) electrons. The molecule has 0 aliphatic carbocycles. The van der Waals surface area contributed by atoms with E-state index < -0.39 is 10.1 Å². The summed E-state index contributed by atoms with van der Waals surface area (Å²) in [7, 11) is -3.77. The van der Waals surface area contributed by atoms with Crippen molar-refractivity contribution in [1.29, 1.82) is 0 Å². The van der Waals surface area contributed by atoms with Crippen LogP contribution in [-0.4, -0.2) is 36.9 Å². The van der Waals surface area contributed by atoms with Crippen molar-refractivity contribution < 1.29 is 56.2 Å². The van der Waals surface area contributed by atoms with E-state index in [9.17, 15) is 8.42 Å². The first-order valence-corrected chi connectivity index (χ1v) is 9.75. The fourth-order valence-electron chi connectivity index (χ4n) is 2.66. The van der Waals surface area contributed by atoms with Crippen LogP contribution < -0.4 is 0 Å². The van der Waals surface area contributed by atoms with E-state index in [4.69, 9.17) is 4.18 Å². The minimum absolute atomic E-state index is 0. The minimum atomic E-state index is -3.77. The first kappa shape index (κ1) is 35.6. The van der Waals surface area contributed by atoms with Gasteiger partial charge in [-0.15, -0.1) is 0 Å². The average Bonchev–Trinajstić information content (AvgIpc) is 2.43. The van der Waals surface area contributed by atoms with Gasteiger partial charge in [0.1, 0.15) is 4.90 Å². The molecule has 2 rings (SSSR count). The third-order valence-corrected chi connectivity index (χ3v) is 5.61. The van der Waals surface area contributed by atoms with Crippen molar-refractivity contribution in [2.75, 3.05) is 6.61 Å². The van der Waals surface area contributed by atoms with E-state index in [-0.39, 0.29) is 66.0 Å². The summed E-state index contributed by atoms with van der Waals surface area (Å²) in [5, 5.41) is 1.65. The smallest absolute Gasteiger partial charge is 0.297 e. The molecule has 0 heterocycles. The van der Waals surface area contributed by atoms with Crippen LogP contribution in [0.15, 0.2) is 35.2 Å². The molecule has 29 heavy (non-hydrogen) atoms. The molecule has 0 saturated carbocycles. The molecule has 9 heteroatoms. The van der Waals surface area contributed by atoms with E-state index in [1.807, 2.05) is 12.1 Å². The predicted octanol–water partition coefficient (Wildman–Crippen LogP) is 1.86. The monoisotopic (exact) mass is 468 g/mol. The Morgan fingerprint density at radius 3 is 1.66 bits per heavy atom. The van der Waals surface area contributed by atoms with Gasteiger partial charge in [0.15, 0.2) is 0 Å². The number of hydrogen-bond acceptors (Lipinski definition) is 3. The molecule has 7 nitrogen and oxygen atoms in total. The van der Waals surface area contributed by atoms with Crippen LogP contribution in [-0.2, 0) is 46.8 Å². The summed E-state index contributed by atoms with van der Waals surface area (Å²) in [6, 6.07) is 9.84. The van der Waals surface area contributed by atoms with Crippen LogP contribution >= 0.6 is 0 Å². The molecule has 0 unspecified atom stereocenters. The van der Waals surface area contributed by atoms with Crippen LogP contribution in [0.3, 0.4) is 0 Å². The maximum absolute atomic E-state index is 12.6. The molecule has 0 bridgehead atoms. The molecule has 0 saturated heterocycles. The van der Waals surface area contributed by atoms with E-state index in [1.54, 1.807) is 13.0 Å². The quantitative estimate of drug-likeness (QED) is 0.495. The summed E-state index contributed by atoms with van der Waals surface area (Å²) < 4.78 is 30.2. The maximum Gasteiger partial charge on any atom is 0.297 e. The minimum Gasteiger partial charge on any atom is -0.412 e. The molecule has 0 aromatic heterocycles. The third kappa shape index (κ3) is 8.07. The zero-order valence-electron chi connectivity index (χ0n) is 18.2. The Morgan fingerprint density at radius 2 is 1.24 bits per heavy atom. The van der Waals surface area contributed by atoms with Gasteiger partial charge >= 0.3 is 0 Å². The molecule has 0 aliphatic rings. The van der Waals surface area contributed by atoms with Gasteiger partial charge in [-0.1, -0.05) is 65.8 Å². The van der Waals surface area contributed by atoms with Crippen molar-refractivity contribution >= 4 is 20.9 Å². The molecule has 0 atom stereocenters. The van der Waals surface area contributed by atoms with Crippen molar-refractivity contribution in [2.24, 2.45) is 0 Å². The Hall–Kier alpha value is -0.836. The summed E-state index contributed by atoms with van der Waals surface area (Å²) in [6.07, 6.45) is 0. The molecule has 0 fully saturated rings. The summed E-state index contributed by atoms with van der Waals surface area (Å²) in [5.41, 5.74) is 2.02. The van der Waals surface area contributed by atoms with Gasteiger partial charge in [0.2, 0.25) is 0 Å².